The lowest BCUT2D eigenvalue weighted by Crippen LogP contribution is -2.08. The van der Waals surface area contributed by atoms with Crippen molar-refractivity contribution in [3.63, 3.8) is 0 Å². The molecule has 0 aliphatic carbocycles. The molecule has 21 heavy (non-hydrogen) atoms. The van der Waals surface area contributed by atoms with E-state index in [-0.39, 0.29) is 0 Å². The Labute approximate surface area is 129 Å². The fourth-order valence-corrected chi connectivity index (χ4v) is 2.59. The SMILES string of the molecule is COc1ccc(NS(=O)(=O)/C=C/c2ccc(Cl)cc2)cc1. The molecule has 0 heterocycles. The second-order valence-corrected chi connectivity index (χ2v) is 6.23. The first-order chi connectivity index (χ1) is 9.98. The van der Waals surface area contributed by atoms with Crippen LogP contribution in [-0.2, 0) is 10.0 Å². The maximum atomic E-state index is 11.9. The third-order valence-corrected chi connectivity index (χ3v) is 3.93. The van der Waals surface area contributed by atoms with Crippen LogP contribution >= 0.6 is 11.6 Å². The zero-order valence-electron chi connectivity index (χ0n) is 11.3. The van der Waals surface area contributed by atoms with Crippen LogP contribution < -0.4 is 9.46 Å². The molecule has 2 rings (SSSR count). The van der Waals surface area contributed by atoms with Crippen LogP contribution in [0.15, 0.2) is 53.9 Å². The van der Waals surface area contributed by atoms with E-state index in [9.17, 15) is 8.42 Å². The van der Waals surface area contributed by atoms with Gasteiger partial charge in [-0.1, -0.05) is 23.7 Å². The lowest BCUT2D eigenvalue weighted by atomic mass is 10.2. The van der Waals surface area contributed by atoms with Gasteiger partial charge in [-0.3, -0.25) is 4.72 Å². The molecule has 0 bridgehead atoms. The maximum Gasteiger partial charge on any atom is 0.255 e. The Bertz CT molecular complexity index is 723. The van der Waals surface area contributed by atoms with E-state index in [4.69, 9.17) is 16.3 Å². The van der Waals surface area contributed by atoms with E-state index in [0.717, 1.165) is 11.0 Å². The molecule has 0 fully saturated rings. The molecular formula is C15H14ClNO3S. The normalized spacial score (nSPS) is 11.5. The van der Waals surface area contributed by atoms with Crippen LogP contribution in [0.1, 0.15) is 5.56 Å². The van der Waals surface area contributed by atoms with Gasteiger partial charge in [0.1, 0.15) is 5.75 Å². The highest BCUT2D eigenvalue weighted by Crippen LogP contribution is 2.17. The smallest absolute Gasteiger partial charge is 0.255 e. The molecule has 6 heteroatoms. The molecule has 0 unspecified atom stereocenters. The van der Waals surface area contributed by atoms with Crippen LogP contribution in [-0.4, -0.2) is 15.5 Å². The summed E-state index contributed by atoms with van der Waals surface area (Å²) < 4.78 is 31.3. The topological polar surface area (TPSA) is 55.4 Å². The maximum absolute atomic E-state index is 11.9. The predicted octanol–water partition coefficient (Wildman–Crippen LogP) is 3.76. The van der Waals surface area contributed by atoms with E-state index in [1.807, 2.05) is 0 Å². The van der Waals surface area contributed by atoms with Crippen molar-refractivity contribution in [3.05, 3.63) is 64.5 Å². The number of methoxy groups -OCH3 is 1. The quantitative estimate of drug-likeness (QED) is 0.911. The van der Waals surface area contributed by atoms with Gasteiger partial charge in [0.2, 0.25) is 0 Å². The van der Waals surface area contributed by atoms with E-state index in [0.29, 0.717) is 16.5 Å². The van der Waals surface area contributed by atoms with Gasteiger partial charge < -0.3 is 4.74 Å². The largest absolute Gasteiger partial charge is 0.497 e. The van der Waals surface area contributed by atoms with Crippen molar-refractivity contribution in [2.24, 2.45) is 0 Å². The summed E-state index contributed by atoms with van der Waals surface area (Å²) in [6.07, 6.45) is 1.50. The molecule has 0 saturated carbocycles. The second-order valence-electron chi connectivity index (χ2n) is 4.23. The highest BCUT2D eigenvalue weighted by molar-refractivity contribution is 7.95. The number of benzene rings is 2. The fraction of sp³-hybridized carbons (Fsp3) is 0.0667. The van der Waals surface area contributed by atoms with Crippen LogP contribution in [0, 0.1) is 0 Å². The fourth-order valence-electron chi connectivity index (χ4n) is 1.60. The van der Waals surface area contributed by atoms with Crippen LogP contribution in [0.2, 0.25) is 5.02 Å². The van der Waals surface area contributed by atoms with E-state index in [1.165, 1.54) is 6.08 Å². The molecular weight excluding hydrogens is 310 g/mol. The zero-order valence-corrected chi connectivity index (χ0v) is 12.9. The summed E-state index contributed by atoms with van der Waals surface area (Å²) in [5, 5.41) is 1.71. The minimum atomic E-state index is -3.57. The van der Waals surface area contributed by atoms with Crippen LogP contribution in [0.5, 0.6) is 5.75 Å². The molecule has 2 aromatic rings. The van der Waals surface area contributed by atoms with Crippen molar-refractivity contribution in [3.8, 4) is 5.75 Å². The van der Waals surface area contributed by atoms with Crippen molar-refractivity contribution in [2.45, 2.75) is 0 Å². The lowest BCUT2D eigenvalue weighted by molar-refractivity contribution is 0.415. The Balaban J connectivity index is 2.08. The minimum Gasteiger partial charge on any atom is -0.497 e. The molecule has 110 valence electrons. The molecule has 2 aromatic carbocycles. The highest BCUT2D eigenvalue weighted by Gasteiger charge is 2.05. The van der Waals surface area contributed by atoms with E-state index in [1.54, 1.807) is 55.6 Å². The van der Waals surface area contributed by atoms with Gasteiger partial charge in [0.05, 0.1) is 12.5 Å². The zero-order chi connectivity index (χ0) is 15.3. The molecule has 0 saturated heterocycles. The van der Waals surface area contributed by atoms with Gasteiger partial charge in [-0.05, 0) is 48.0 Å². The minimum absolute atomic E-state index is 0.469. The number of ether oxygens (including phenoxy) is 1. The number of sulfonamides is 1. The standard InChI is InChI=1S/C15H14ClNO3S/c1-20-15-8-6-14(7-9-15)17-21(18,19)11-10-12-2-4-13(16)5-3-12/h2-11,17H,1H3/b11-10+. The van der Waals surface area contributed by atoms with Gasteiger partial charge >= 0.3 is 0 Å². The van der Waals surface area contributed by atoms with Crippen LogP contribution in [0.25, 0.3) is 6.08 Å². The molecule has 0 aliphatic heterocycles. The molecule has 0 aliphatic rings. The van der Waals surface area contributed by atoms with Gasteiger partial charge in [-0.25, -0.2) is 8.42 Å². The first kappa shape index (κ1) is 15.4. The number of nitrogens with one attached hydrogen (secondary N) is 1. The summed E-state index contributed by atoms with van der Waals surface area (Å²) in [6.45, 7) is 0. The van der Waals surface area contributed by atoms with Crippen LogP contribution in [0.4, 0.5) is 5.69 Å². The molecule has 0 spiro atoms. The Kier molecular flexibility index (Phi) is 4.88. The van der Waals surface area contributed by atoms with Gasteiger partial charge in [-0.2, -0.15) is 0 Å². The number of halogens is 1. The second kappa shape index (κ2) is 6.65. The number of hydrogen-bond donors (Lipinski definition) is 1. The molecule has 0 atom stereocenters. The Hall–Kier alpha value is -1.98. The van der Waals surface area contributed by atoms with Crippen molar-refractivity contribution < 1.29 is 13.2 Å². The summed E-state index contributed by atoms with van der Waals surface area (Å²) >= 11 is 5.77. The molecule has 0 amide bonds. The average molecular weight is 324 g/mol. The number of hydrogen-bond acceptors (Lipinski definition) is 3. The molecule has 0 aromatic heterocycles. The van der Waals surface area contributed by atoms with Crippen molar-refractivity contribution >= 4 is 33.4 Å². The van der Waals surface area contributed by atoms with Crippen LogP contribution in [0.3, 0.4) is 0 Å². The first-order valence-corrected chi connectivity index (χ1v) is 8.01. The van der Waals surface area contributed by atoms with Crippen molar-refractivity contribution in [2.75, 3.05) is 11.8 Å². The highest BCUT2D eigenvalue weighted by atomic mass is 35.5. The number of rotatable bonds is 5. The summed E-state index contributed by atoms with van der Waals surface area (Å²) in [5.74, 6) is 0.662. The van der Waals surface area contributed by atoms with Gasteiger partial charge in [0.25, 0.3) is 10.0 Å². The number of anilines is 1. The third-order valence-electron chi connectivity index (χ3n) is 2.66. The Morgan fingerprint density at radius 3 is 2.24 bits per heavy atom. The summed E-state index contributed by atoms with van der Waals surface area (Å²) in [6, 6.07) is 13.5. The molecule has 4 nitrogen and oxygen atoms in total. The predicted molar refractivity (Wildman–Crippen MR) is 86.0 cm³/mol. The first-order valence-electron chi connectivity index (χ1n) is 6.09. The average Bonchev–Trinajstić information content (AvgIpc) is 2.47. The van der Waals surface area contributed by atoms with Crippen molar-refractivity contribution in [1.29, 1.82) is 0 Å². The molecule has 0 radical (unpaired) electrons. The molecule has 1 N–H and O–H groups in total. The third kappa shape index (κ3) is 4.81. The van der Waals surface area contributed by atoms with Gasteiger partial charge in [0, 0.05) is 10.7 Å². The summed E-state index contributed by atoms with van der Waals surface area (Å²) in [4.78, 5) is 0. The lowest BCUT2D eigenvalue weighted by Gasteiger charge is -2.05. The van der Waals surface area contributed by atoms with Gasteiger partial charge in [0.15, 0.2) is 0 Å². The van der Waals surface area contributed by atoms with E-state index < -0.39 is 10.0 Å². The summed E-state index contributed by atoms with van der Waals surface area (Å²) in [7, 11) is -2.02. The van der Waals surface area contributed by atoms with Crippen molar-refractivity contribution in [1.82, 2.24) is 0 Å². The van der Waals surface area contributed by atoms with E-state index in [2.05, 4.69) is 4.72 Å². The van der Waals surface area contributed by atoms with E-state index >= 15 is 0 Å². The monoisotopic (exact) mass is 323 g/mol. The summed E-state index contributed by atoms with van der Waals surface area (Å²) in [5.41, 5.74) is 1.22. The van der Waals surface area contributed by atoms with Gasteiger partial charge in [-0.15, -0.1) is 0 Å². The Morgan fingerprint density at radius 1 is 1.05 bits per heavy atom. The Morgan fingerprint density at radius 2 is 1.67 bits per heavy atom.